The summed E-state index contributed by atoms with van der Waals surface area (Å²) >= 11 is 0. The molecule has 1 aromatic heterocycles. The molecule has 0 amide bonds. The molecule has 14 heavy (non-hydrogen) atoms. The summed E-state index contributed by atoms with van der Waals surface area (Å²) in [6, 6.07) is 0.754. The van der Waals surface area contributed by atoms with E-state index in [1.165, 1.54) is 7.11 Å². The van der Waals surface area contributed by atoms with Gasteiger partial charge in [0.25, 0.3) is 5.88 Å². The normalized spacial score (nSPS) is 10.0. The third kappa shape index (κ3) is 2.31. The Morgan fingerprint density at radius 2 is 2.14 bits per heavy atom. The second-order valence-corrected chi connectivity index (χ2v) is 2.74. The molecule has 1 aromatic rings. The summed E-state index contributed by atoms with van der Waals surface area (Å²) in [5, 5.41) is 2.73. The molecule has 5 heteroatoms. The van der Waals surface area contributed by atoms with E-state index in [0.717, 1.165) is 12.5 Å². The summed E-state index contributed by atoms with van der Waals surface area (Å²) < 4.78 is 30.6. The van der Waals surface area contributed by atoms with Gasteiger partial charge in [0.1, 0.15) is 0 Å². The summed E-state index contributed by atoms with van der Waals surface area (Å²) in [5.41, 5.74) is 0. The molecule has 0 radical (unpaired) electrons. The summed E-state index contributed by atoms with van der Waals surface area (Å²) in [7, 11) is 1.28. The van der Waals surface area contributed by atoms with Crippen molar-refractivity contribution in [1.29, 1.82) is 0 Å². The first-order chi connectivity index (χ1) is 6.69. The molecule has 0 saturated carbocycles. The monoisotopic (exact) mass is 202 g/mol. The molecule has 1 rings (SSSR count). The maximum atomic E-state index is 13.1. The van der Waals surface area contributed by atoms with Gasteiger partial charge in [-0.3, -0.25) is 0 Å². The van der Waals surface area contributed by atoms with Crippen molar-refractivity contribution < 1.29 is 13.5 Å². The lowest BCUT2D eigenvalue weighted by Crippen LogP contribution is -2.06. The van der Waals surface area contributed by atoms with Crippen molar-refractivity contribution in [3.63, 3.8) is 0 Å². The second-order valence-electron chi connectivity index (χ2n) is 2.74. The fourth-order valence-electron chi connectivity index (χ4n) is 0.960. The molecular weight excluding hydrogens is 190 g/mol. The van der Waals surface area contributed by atoms with Crippen LogP contribution in [0.2, 0.25) is 0 Å². The zero-order chi connectivity index (χ0) is 10.6. The average Bonchev–Trinajstić information content (AvgIpc) is 2.17. The lowest BCUT2D eigenvalue weighted by atomic mass is 10.4. The van der Waals surface area contributed by atoms with Crippen LogP contribution in [0.15, 0.2) is 6.07 Å². The number of methoxy groups -OCH3 is 1. The Hall–Kier alpha value is -1.39. The lowest BCUT2D eigenvalue weighted by molar-refractivity contribution is 0.366. The van der Waals surface area contributed by atoms with Gasteiger partial charge in [0.15, 0.2) is 17.5 Å². The van der Waals surface area contributed by atoms with Gasteiger partial charge < -0.3 is 10.1 Å². The van der Waals surface area contributed by atoms with E-state index >= 15 is 0 Å². The molecular formula is C9H12F2N2O. The van der Waals surface area contributed by atoms with E-state index < -0.39 is 11.6 Å². The highest BCUT2D eigenvalue weighted by Gasteiger charge is 2.11. The van der Waals surface area contributed by atoms with Crippen LogP contribution in [0.25, 0.3) is 0 Å². The Labute approximate surface area is 81.1 Å². The van der Waals surface area contributed by atoms with Gasteiger partial charge in [0.05, 0.1) is 7.11 Å². The number of rotatable bonds is 4. The molecule has 0 saturated heterocycles. The van der Waals surface area contributed by atoms with Gasteiger partial charge in [-0.15, -0.1) is 0 Å². The zero-order valence-electron chi connectivity index (χ0n) is 8.10. The number of ether oxygens (including phenoxy) is 1. The SMILES string of the molecule is CCCNc1nc(OC)c(F)cc1F. The van der Waals surface area contributed by atoms with Gasteiger partial charge in [-0.1, -0.05) is 6.92 Å². The number of hydrogen-bond acceptors (Lipinski definition) is 3. The Bertz CT molecular complexity index is 318. The van der Waals surface area contributed by atoms with E-state index in [1.54, 1.807) is 0 Å². The smallest absolute Gasteiger partial charge is 0.252 e. The first-order valence-electron chi connectivity index (χ1n) is 4.33. The predicted molar refractivity (Wildman–Crippen MR) is 49.5 cm³/mol. The van der Waals surface area contributed by atoms with Crippen molar-refractivity contribution in [3.8, 4) is 5.88 Å². The van der Waals surface area contributed by atoms with Gasteiger partial charge in [0, 0.05) is 12.6 Å². The van der Waals surface area contributed by atoms with Crippen LogP contribution in [0.1, 0.15) is 13.3 Å². The van der Waals surface area contributed by atoms with Crippen LogP contribution < -0.4 is 10.1 Å². The molecule has 0 aromatic carbocycles. The van der Waals surface area contributed by atoms with Crippen LogP contribution in [0.3, 0.4) is 0 Å². The van der Waals surface area contributed by atoms with E-state index in [2.05, 4.69) is 15.0 Å². The standard InChI is InChI=1S/C9H12F2N2O/c1-3-4-12-8-6(10)5-7(11)9(13-8)14-2/h5H,3-4H2,1-2H3,(H,12,13). The minimum atomic E-state index is -0.799. The fraction of sp³-hybridized carbons (Fsp3) is 0.444. The van der Waals surface area contributed by atoms with Gasteiger partial charge in [-0.05, 0) is 6.42 Å². The molecule has 0 atom stereocenters. The van der Waals surface area contributed by atoms with Gasteiger partial charge in [-0.2, -0.15) is 4.98 Å². The molecule has 0 bridgehead atoms. The Kier molecular flexibility index (Phi) is 3.62. The van der Waals surface area contributed by atoms with Crippen LogP contribution >= 0.6 is 0 Å². The van der Waals surface area contributed by atoms with Crippen LogP contribution in [0, 0.1) is 11.6 Å². The van der Waals surface area contributed by atoms with Crippen LogP contribution in [0.4, 0.5) is 14.6 Å². The van der Waals surface area contributed by atoms with Gasteiger partial charge >= 0.3 is 0 Å². The topological polar surface area (TPSA) is 34.2 Å². The second kappa shape index (κ2) is 4.74. The van der Waals surface area contributed by atoms with Crippen molar-refractivity contribution in [3.05, 3.63) is 17.7 Å². The lowest BCUT2D eigenvalue weighted by Gasteiger charge is -2.07. The molecule has 1 heterocycles. The molecule has 0 fully saturated rings. The predicted octanol–water partition coefficient (Wildman–Crippen LogP) is 2.19. The van der Waals surface area contributed by atoms with E-state index in [-0.39, 0.29) is 11.7 Å². The third-order valence-corrected chi connectivity index (χ3v) is 1.63. The third-order valence-electron chi connectivity index (χ3n) is 1.63. The summed E-state index contributed by atoms with van der Waals surface area (Å²) in [5.74, 6) is -1.70. The quantitative estimate of drug-likeness (QED) is 0.812. The van der Waals surface area contributed by atoms with Crippen LogP contribution in [0.5, 0.6) is 5.88 Å². The zero-order valence-corrected chi connectivity index (χ0v) is 8.10. The van der Waals surface area contributed by atoms with E-state index in [1.807, 2.05) is 6.92 Å². The minimum absolute atomic E-state index is 0.0186. The summed E-state index contributed by atoms with van der Waals surface area (Å²) in [4.78, 5) is 3.64. The van der Waals surface area contributed by atoms with Crippen molar-refractivity contribution in [2.45, 2.75) is 13.3 Å². The summed E-state index contributed by atoms with van der Waals surface area (Å²) in [6.45, 7) is 2.52. The number of nitrogens with zero attached hydrogens (tertiary/aromatic N) is 1. The van der Waals surface area contributed by atoms with Crippen LogP contribution in [-0.4, -0.2) is 18.6 Å². The maximum Gasteiger partial charge on any atom is 0.252 e. The number of aromatic nitrogens is 1. The number of hydrogen-bond donors (Lipinski definition) is 1. The maximum absolute atomic E-state index is 13.1. The molecule has 3 nitrogen and oxygen atoms in total. The molecule has 0 aliphatic carbocycles. The number of anilines is 1. The highest BCUT2D eigenvalue weighted by Crippen LogP contribution is 2.20. The Balaban J connectivity index is 2.92. The molecule has 0 unspecified atom stereocenters. The average molecular weight is 202 g/mol. The van der Waals surface area contributed by atoms with Crippen molar-refractivity contribution in [1.82, 2.24) is 4.98 Å². The van der Waals surface area contributed by atoms with E-state index in [4.69, 9.17) is 0 Å². The van der Waals surface area contributed by atoms with Gasteiger partial charge in [-0.25, -0.2) is 8.78 Å². The first-order valence-corrected chi connectivity index (χ1v) is 4.33. The van der Waals surface area contributed by atoms with E-state index in [0.29, 0.717) is 6.54 Å². The minimum Gasteiger partial charge on any atom is -0.479 e. The highest BCUT2D eigenvalue weighted by atomic mass is 19.1. The van der Waals surface area contributed by atoms with Crippen molar-refractivity contribution in [2.75, 3.05) is 19.0 Å². The molecule has 1 N–H and O–H groups in total. The number of halogens is 2. The van der Waals surface area contributed by atoms with E-state index in [9.17, 15) is 8.78 Å². The van der Waals surface area contributed by atoms with Crippen molar-refractivity contribution in [2.24, 2.45) is 0 Å². The first kappa shape index (κ1) is 10.7. The molecule has 0 aliphatic heterocycles. The largest absolute Gasteiger partial charge is 0.479 e. The Morgan fingerprint density at radius 1 is 1.43 bits per heavy atom. The van der Waals surface area contributed by atoms with Gasteiger partial charge in [0.2, 0.25) is 0 Å². The Morgan fingerprint density at radius 3 is 2.71 bits per heavy atom. The van der Waals surface area contributed by atoms with Crippen LogP contribution in [-0.2, 0) is 0 Å². The number of pyridine rings is 1. The highest BCUT2D eigenvalue weighted by molar-refractivity contribution is 5.39. The fourth-order valence-corrected chi connectivity index (χ4v) is 0.960. The number of nitrogens with one attached hydrogen (secondary N) is 1. The molecule has 78 valence electrons. The van der Waals surface area contributed by atoms with Crippen molar-refractivity contribution >= 4 is 5.82 Å². The molecule has 0 aliphatic rings. The summed E-state index contributed by atoms with van der Waals surface area (Å²) in [6.07, 6.45) is 0.834. The molecule has 0 spiro atoms.